The molecule has 136 valence electrons. The molecule has 0 aliphatic carbocycles. The zero-order valence-corrected chi connectivity index (χ0v) is 15.5. The molecule has 3 aromatic rings. The number of pyridine rings is 1. The van der Waals surface area contributed by atoms with Crippen LogP contribution in [0.25, 0.3) is 11.0 Å². The Kier molecular flexibility index (Phi) is 5.54. The fourth-order valence-corrected chi connectivity index (χ4v) is 3.27. The van der Waals surface area contributed by atoms with Crippen molar-refractivity contribution < 1.29 is 4.79 Å². The Morgan fingerprint density at radius 1 is 1.23 bits per heavy atom. The van der Waals surface area contributed by atoms with E-state index in [0.717, 1.165) is 54.0 Å². The molecular formula is C19H22ClN5O. The number of hydrogen-bond donors (Lipinski definition) is 2. The third-order valence-electron chi connectivity index (χ3n) is 4.61. The molecule has 1 aliphatic rings. The van der Waals surface area contributed by atoms with Crippen molar-refractivity contribution in [1.29, 1.82) is 0 Å². The summed E-state index contributed by atoms with van der Waals surface area (Å²) >= 11 is 0. The monoisotopic (exact) mass is 371 g/mol. The van der Waals surface area contributed by atoms with Crippen molar-refractivity contribution in [2.45, 2.75) is 32.9 Å². The summed E-state index contributed by atoms with van der Waals surface area (Å²) in [7, 11) is 0. The third kappa shape index (κ3) is 3.71. The maximum Gasteiger partial charge on any atom is 0.227 e. The van der Waals surface area contributed by atoms with E-state index in [4.69, 9.17) is 0 Å². The summed E-state index contributed by atoms with van der Waals surface area (Å²) in [5.74, 6) is 0.222. The van der Waals surface area contributed by atoms with Gasteiger partial charge in [0.25, 0.3) is 0 Å². The molecule has 0 spiro atoms. The van der Waals surface area contributed by atoms with Gasteiger partial charge in [0.2, 0.25) is 5.91 Å². The van der Waals surface area contributed by atoms with Crippen molar-refractivity contribution in [3.8, 4) is 0 Å². The Labute approximate surface area is 158 Å². The second-order valence-electron chi connectivity index (χ2n) is 6.49. The number of nitrogens with zero attached hydrogens (tertiary/aromatic N) is 3. The molecule has 3 heterocycles. The van der Waals surface area contributed by atoms with Crippen LogP contribution in [0.2, 0.25) is 0 Å². The summed E-state index contributed by atoms with van der Waals surface area (Å²) in [6.45, 7) is 4.31. The van der Waals surface area contributed by atoms with Gasteiger partial charge in [0, 0.05) is 49.0 Å². The molecule has 1 aliphatic heterocycles. The highest BCUT2D eigenvalue weighted by Crippen LogP contribution is 2.22. The van der Waals surface area contributed by atoms with Gasteiger partial charge in [-0.2, -0.15) is 5.10 Å². The molecule has 2 N–H and O–H groups in total. The summed E-state index contributed by atoms with van der Waals surface area (Å²) < 4.78 is 0. The second kappa shape index (κ2) is 7.85. The minimum Gasteiger partial charge on any atom is -0.312 e. The number of fused-ring (bicyclic) bond motifs is 1. The fraction of sp³-hybridized carbons (Fsp3) is 0.316. The van der Waals surface area contributed by atoms with E-state index >= 15 is 0 Å². The van der Waals surface area contributed by atoms with Gasteiger partial charge in [-0.15, -0.1) is 12.4 Å². The molecule has 0 radical (unpaired) electrons. The summed E-state index contributed by atoms with van der Waals surface area (Å²) in [6.07, 6.45) is 3.46. The van der Waals surface area contributed by atoms with Gasteiger partial charge in [0.15, 0.2) is 5.65 Å². The van der Waals surface area contributed by atoms with E-state index in [1.54, 1.807) is 0 Å². The Morgan fingerprint density at radius 2 is 2.08 bits per heavy atom. The molecule has 7 heteroatoms. The number of hydrogen-bond acceptors (Lipinski definition) is 4. The van der Waals surface area contributed by atoms with E-state index in [-0.39, 0.29) is 18.3 Å². The maximum absolute atomic E-state index is 11.9. The van der Waals surface area contributed by atoms with E-state index in [1.165, 1.54) is 5.56 Å². The van der Waals surface area contributed by atoms with E-state index in [1.807, 2.05) is 30.2 Å². The van der Waals surface area contributed by atoms with Crippen molar-refractivity contribution in [1.82, 2.24) is 20.5 Å². The van der Waals surface area contributed by atoms with Gasteiger partial charge in [-0.25, -0.2) is 4.98 Å². The lowest BCUT2D eigenvalue weighted by atomic mass is 10.1. The highest BCUT2D eigenvalue weighted by molar-refractivity contribution is 5.95. The van der Waals surface area contributed by atoms with Crippen molar-refractivity contribution in [2.75, 3.05) is 11.4 Å². The lowest BCUT2D eigenvalue weighted by Crippen LogP contribution is -2.23. The molecule has 0 saturated carbocycles. The summed E-state index contributed by atoms with van der Waals surface area (Å²) in [5, 5.41) is 11.6. The van der Waals surface area contributed by atoms with Gasteiger partial charge in [0.1, 0.15) is 0 Å². The molecule has 1 fully saturated rings. The Bertz CT molecular complexity index is 923. The van der Waals surface area contributed by atoms with Gasteiger partial charge in [0.05, 0.1) is 0 Å². The predicted octanol–water partition coefficient (Wildman–Crippen LogP) is 3.10. The number of aromatic nitrogens is 3. The van der Waals surface area contributed by atoms with E-state index < -0.39 is 0 Å². The Balaban J connectivity index is 0.00000196. The average molecular weight is 372 g/mol. The number of anilines is 1. The minimum absolute atomic E-state index is 0. The van der Waals surface area contributed by atoms with Crippen molar-refractivity contribution in [3.63, 3.8) is 0 Å². The fourth-order valence-electron chi connectivity index (χ4n) is 3.27. The quantitative estimate of drug-likeness (QED) is 0.722. The Morgan fingerprint density at radius 3 is 2.88 bits per heavy atom. The number of nitrogens with one attached hydrogen (secondary N) is 2. The standard InChI is InChI=1S/C19H21N5O.ClH/c1-13-17-9-15(12-21-19(17)23-22-13)11-20-10-14-4-2-5-16(8-14)24-7-3-6-18(24)25;/h2,4-5,8-9,12,20H,3,6-7,10-11H2,1H3,(H,21,22,23);1H. The number of rotatable bonds is 5. The third-order valence-corrected chi connectivity index (χ3v) is 4.61. The van der Waals surface area contributed by atoms with Crippen molar-refractivity contribution in [2.24, 2.45) is 0 Å². The van der Waals surface area contributed by atoms with Crippen LogP contribution in [0.4, 0.5) is 5.69 Å². The topological polar surface area (TPSA) is 73.9 Å². The van der Waals surface area contributed by atoms with E-state index in [2.05, 4.69) is 38.7 Å². The minimum atomic E-state index is 0. The molecule has 6 nitrogen and oxygen atoms in total. The first kappa shape index (κ1) is 18.4. The predicted molar refractivity (Wildman–Crippen MR) is 104 cm³/mol. The van der Waals surface area contributed by atoms with Crippen LogP contribution in [0.15, 0.2) is 36.5 Å². The van der Waals surface area contributed by atoms with Gasteiger partial charge in [-0.1, -0.05) is 12.1 Å². The zero-order chi connectivity index (χ0) is 17.2. The molecule has 1 aromatic carbocycles. The number of aryl methyl sites for hydroxylation is 1. The van der Waals surface area contributed by atoms with Gasteiger partial charge < -0.3 is 10.2 Å². The van der Waals surface area contributed by atoms with Crippen LogP contribution in [0, 0.1) is 6.92 Å². The van der Waals surface area contributed by atoms with E-state index in [0.29, 0.717) is 6.42 Å². The zero-order valence-electron chi connectivity index (χ0n) is 14.7. The second-order valence-corrected chi connectivity index (χ2v) is 6.49. The smallest absolute Gasteiger partial charge is 0.227 e. The first-order valence-corrected chi connectivity index (χ1v) is 8.60. The number of carbonyl (C=O) groups is 1. The molecule has 0 atom stereocenters. The number of H-pyrrole nitrogens is 1. The highest BCUT2D eigenvalue weighted by Gasteiger charge is 2.21. The lowest BCUT2D eigenvalue weighted by molar-refractivity contribution is -0.117. The number of benzene rings is 1. The van der Waals surface area contributed by atoms with E-state index in [9.17, 15) is 4.79 Å². The number of carbonyl (C=O) groups excluding carboxylic acids is 1. The van der Waals surface area contributed by atoms with Crippen molar-refractivity contribution in [3.05, 3.63) is 53.3 Å². The van der Waals surface area contributed by atoms with Crippen LogP contribution in [0.5, 0.6) is 0 Å². The number of aromatic amines is 1. The average Bonchev–Trinajstić information content (AvgIpc) is 3.21. The molecule has 0 unspecified atom stereocenters. The molecule has 1 amide bonds. The number of halogens is 1. The summed E-state index contributed by atoms with van der Waals surface area (Å²) in [6, 6.07) is 10.3. The summed E-state index contributed by atoms with van der Waals surface area (Å²) in [4.78, 5) is 18.1. The van der Waals surface area contributed by atoms with Gasteiger partial charge >= 0.3 is 0 Å². The van der Waals surface area contributed by atoms with Crippen LogP contribution in [0.1, 0.15) is 29.7 Å². The van der Waals surface area contributed by atoms with Gasteiger partial charge in [-0.3, -0.25) is 9.89 Å². The van der Waals surface area contributed by atoms with Crippen LogP contribution < -0.4 is 10.2 Å². The first-order chi connectivity index (χ1) is 12.2. The van der Waals surface area contributed by atoms with Crippen LogP contribution in [0.3, 0.4) is 0 Å². The molecule has 2 aromatic heterocycles. The summed E-state index contributed by atoms with van der Waals surface area (Å²) in [5.41, 5.74) is 5.09. The molecule has 1 saturated heterocycles. The van der Waals surface area contributed by atoms with Gasteiger partial charge in [-0.05, 0) is 42.7 Å². The molecule has 0 bridgehead atoms. The Hall–Kier alpha value is -2.44. The largest absolute Gasteiger partial charge is 0.312 e. The number of amides is 1. The SMILES string of the molecule is Cc1[nH]nc2ncc(CNCc3cccc(N4CCCC4=O)c3)cc12.Cl. The molecule has 4 rings (SSSR count). The molecule has 26 heavy (non-hydrogen) atoms. The highest BCUT2D eigenvalue weighted by atomic mass is 35.5. The van der Waals surface area contributed by atoms with Crippen molar-refractivity contribution >= 4 is 35.0 Å². The normalized spacial score (nSPS) is 14.0. The van der Waals surface area contributed by atoms with Crippen LogP contribution in [-0.4, -0.2) is 27.6 Å². The molecular weight excluding hydrogens is 350 g/mol. The first-order valence-electron chi connectivity index (χ1n) is 8.60. The van der Waals surface area contributed by atoms with Crippen LogP contribution >= 0.6 is 12.4 Å². The van der Waals surface area contributed by atoms with Crippen LogP contribution in [-0.2, 0) is 17.9 Å². The lowest BCUT2D eigenvalue weighted by Gasteiger charge is -2.16. The maximum atomic E-state index is 11.9.